The molecule has 3 N–H and O–H groups in total. The molecule has 0 aliphatic carbocycles. The van der Waals surface area contributed by atoms with Gasteiger partial charge in [-0.1, -0.05) is 12.1 Å². The van der Waals surface area contributed by atoms with Gasteiger partial charge in [0.25, 0.3) is 0 Å². The number of carbonyl (C=O) groups is 1. The topological polar surface area (TPSA) is 122 Å². The maximum atomic E-state index is 11.8. The second-order valence-electron chi connectivity index (χ2n) is 4.62. The van der Waals surface area contributed by atoms with Crippen LogP contribution in [0, 0.1) is 0 Å². The fourth-order valence-corrected chi connectivity index (χ4v) is 1.92. The monoisotopic (exact) mass is 301 g/mol. The molecule has 2 amide bonds. The van der Waals surface area contributed by atoms with Crippen LogP contribution >= 0.6 is 0 Å². The maximum absolute atomic E-state index is 11.8. The van der Waals surface area contributed by atoms with E-state index in [2.05, 4.69) is 36.2 Å². The number of H-pyrrole nitrogens is 1. The van der Waals surface area contributed by atoms with Crippen LogP contribution < -0.4 is 10.6 Å². The molecule has 0 fully saturated rings. The number of nitrogens with one attached hydrogen (secondary N) is 3. The van der Waals surface area contributed by atoms with Crippen LogP contribution in [0.3, 0.4) is 0 Å². The Bertz CT molecular complexity index is 779. The third-order valence-corrected chi connectivity index (χ3v) is 3.02. The first kappa shape index (κ1) is 14.0. The maximum Gasteiger partial charge on any atom is 0.319 e. The quantitative estimate of drug-likeness (QED) is 0.652. The molecule has 2 heterocycles. The molecule has 9 nitrogen and oxygen atoms in total. The SMILES string of the molecule is CCc1nc(CCNC(=O)Nc2ccc3n[nH]nc3c2)no1. The van der Waals surface area contributed by atoms with Gasteiger partial charge in [0.05, 0.1) is 0 Å². The summed E-state index contributed by atoms with van der Waals surface area (Å²) in [5.41, 5.74) is 2.08. The number of aromatic amines is 1. The van der Waals surface area contributed by atoms with E-state index in [1.807, 2.05) is 6.92 Å². The molecule has 0 atom stereocenters. The number of hydrogen-bond donors (Lipinski definition) is 3. The Labute approximate surface area is 125 Å². The number of amides is 2. The molecular weight excluding hydrogens is 286 g/mol. The van der Waals surface area contributed by atoms with E-state index in [0.29, 0.717) is 42.3 Å². The molecule has 0 aliphatic rings. The zero-order valence-electron chi connectivity index (χ0n) is 12.0. The van der Waals surface area contributed by atoms with Crippen molar-refractivity contribution >= 4 is 22.8 Å². The number of carbonyl (C=O) groups excluding carboxylic acids is 1. The normalized spacial score (nSPS) is 10.8. The second kappa shape index (κ2) is 6.20. The summed E-state index contributed by atoms with van der Waals surface area (Å²) in [6.07, 6.45) is 1.21. The molecule has 0 bridgehead atoms. The van der Waals surface area contributed by atoms with Crippen LogP contribution in [0.15, 0.2) is 22.7 Å². The Kier molecular flexibility index (Phi) is 3.95. The van der Waals surface area contributed by atoms with Crippen molar-refractivity contribution < 1.29 is 9.32 Å². The number of fused-ring (bicyclic) bond motifs is 1. The van der Waals surface area contributed by atoms with Gasteiger partial charge in [-0.2, -0.15) is 20.4 Å². The van der Waals surface area contributed by atoms with Gasteiger partial charge < -0.3 is 15.2 Å². The molecule has 1 aromatic carbocycles. The van der Waals surface area contributed by atoms with Crippen molar-refractivity contribution in [1.82, 2.24) is 30.9 Å². The molecule has 2 aromatic heterocycles. The van der Waals surface area contributed by atoms with Crippen molar-refractivity contribution in [1.29, 1.82) is 0 Å². The molecule has 22 heavy (non-hydrogen) atoms. The molecule has 0 saturated carbocycles. The third kappa shape index (κ3) is 3.19. The van der Waals surface area contributed by atoms with Gasteiger partial charge in [0, 0.05) is 25.1 Å². The van der Waals surface area contributed by atoms with Crippen molar-refractivity contribution in [2.24, 2.45) is 0 Å². The standard InChI is InChI=1S/C13H15N7O2/c1-2-12-16-11(19-22-12)5-6-14-13(21)15-8-3-4-9-10(7-8)18-20-17-9/h3-4,7H,2,5-6H2,1H3,(H2,14,15,21)(H,17,18,20). The number of nitrogens with zero attached hydrogens (tertiary/aromatic N) is 4. The van der Waals surface area contributed by atoms with Crippen LogP contribution in [-0.4, -0.2) is 38.1 Å². The summed E-state index contributed by atoms with van der Waals surface area (Å²) in [7, 11) is 0. The predicted octanol–water partition coefficient (Wildman–Crippen LogP) is 1.27. The fourth-order valence-electron chi connectivity index (χ4n) is 1.92. The number of benzene rings is 1. The number of urea groups is 1. The van der Waals surface area contributed by atoms with E-state index in [-0.39, 0.29) is 6.03 Å². The number of anilines is 1. The van der Waals surface area contributed by atoms with Crippen molar-refractivity contribution in [3.8, 4) is 0 Å². The average molecular weight is 301 g/mol. The smallest absolute Gasteiger partial charge is 0.319 e. The Balaban J connectivity index is 1.49. The second-order valence-corrected chi connectivity index (χ2v) is 4.62. The van der Waals surface area contributed by atoms with Crippen LogP contribution in [-0.2, 0) is 12.8 Å². The lowest BCUT2D eigenvalue weighted by Crippen LogP contribution is -2.30. The predicted molar refractivity (Wildman–Crippen MR) is 78.3 cm³/mol. The van der Waals surface area contributed by atoms with E-state index in [4.69, 9.17) is 4.52 Å². The zero-order chi connectivity index (χ0) is 15.4. The van der Waals surface area contributed by atoms with Gasteiger partial charge in [0.15, 0.2) is 5.82 Å². The summed E-state index contributed by atoms with van der Waals surface area (Å²) in [5.74, 6) is 1.18. The van der Waals surface area contributed by atoms with Crippen LogP contribution in [0.1, 0.15) is 18.6 Å². The van der Waals surface area contributed by atoms with Crippen LogP contribution in [0.5, 0.6) is 0 Å². The van der Waals surface area contributed by atoms with E-state index >= 15 is 0 Å². The largest absolute Gasteiger partial charge is 0.339 e. The summed E-state index contributed by atoms with van der Waals surface area (Å²) < 4.78 is 4.99. The van der Waals surface area contributed by atoms with Gasteiger partial charge in [-0.15, -0.1) is 0 Å². The fraction of sp³-hybridized carbons (Fsp3) is 0.308. The lowest BCUT2D eigenvalue weighted by Gasteiger charge is -2.06. The molecule has 0 spiro atoms. The van der Waals surface area contributed by atoms with E-state index in [9.17, 15) is 4.79 Å². The highest BCUT2D eigenvalue weighted by atomic mass is 16.5. The van der Waals surface area contributed by atoms with E-state index in [1.165, 1.54) is 0 Å². The van der Waals surface area contributed by atoms with E-state index in [0.717, 1.165) is 5.52 Å². The number of aryl methyl sites for hydroxylation is 1. The van der Waals surface area contributed by atoms with E-state index < -0.39 is 0 Å². The summed E-state index contributed by atoms with van der Waals surface area (Å²) in [6, 6.07) is 4.98. The summed E-state index contributed by atoms with van der Waals surface area (Å²) in [5, 5.41) is 19.7. The first-order valence-corrected chi connectivity index (χ1v) is 6.91. The Morgan fingerprint density at radius 2 is 2.18 bits per heavy atom. The molecule has 0 aliphatic heterocycles. The molecular formula is C13H15N7O2. The van der Waals surface area contributed by atoms with Gasteiger partial charge in [-0.3, -0.25) is 0 Å². The molecule has 114 valence electrons. The van der Waals surface area contributed by atoms with Gasteiger partial charge in [0.1, 0.15) is 11.0 Å². The van der Waals surface area contributed by atoms with Crippen molar-refractivity contribution in [3.63, 3.8) is 0 Å². The van der Waals surface area contributed by atoms with Gasteiger partial charge in [-0.25, -0.2) is 4.79 Å². The first-order valence-electron chi connectivity index (χ1n) is 6.91. The van der Waals surface area contributed by atoms with Gasteiger partial charge >= 0.3 is 6.03 Å². The lowest BCUT2D eigenvalue weighted by atomic mass is 10.3. The van der Waals surface area contributed by atoms with Crippen molar-refractivity contribution in [2.75, 3.05) is 11.9 Å². The zero-order valence-corrected chi connectivity index (χ0v) is 12.0. The Hall–Kier alpha value is -2.97. The molecule has 3 rings (SSSR count). The van der Waals surface area contributed by atoms with Crippen molar-refractivity contribution in [3.05, 3.63) is 29.9 Å². The molecule has 0 saturated heterocycles. The third-order valence-electron chi connectivity index (χ3n) is 3.02. The summed E-state index contributed by atoms with van der Waals surface area (Å²) in [4.78, 5) is 16.0. The van der Waals surface area contributed by atoms with Crippen LogP contribution in [0.25, 0.3) is 11.0 Å². The summed E-state index contributed by atoms with van der Waals surface area (Å²) >= 11 is 0. The minimum Gasteiger partial charge on any atom is -0.339 e. The first-order chi connectivity index (χ1) is 10.7. The highest BCUT2D eigenvalue weighted by molar-refractivity contribution is 5.91. The number of aromatic nitrogens is 5. The Morgan fingerprint density at radius 1 is 1.32 bits per heavy atom. The average Bonchev–Trinajstić information content (AvgIpc) is 3.15. The van der Waals surface area contributed by atoms with Crippen LogP contribution in [0.4, 0.5) is 10.5 Å². The van der Waals surface area contributed by atoms with E-state index in [1.54, 1.807) is 18.2 Å². The van der Waals surface area contributed by atoms with Gasteiger partial charge in [0.2, 0.25) is 5.89 Å². The molecule has 0 radical (unpaired) electrons. The molecule has 0 unspecified atom stereocenters. The molecule has 9 heteroatoms. The van der Waals surface area contributed by atoms with Crippen LogP contribution in [0.2, 0.25) is 0 Å². The minimum atomic E-state index is -0.304. The molecule has 3 aromatic rings. The Morgan fingerprint density at radius 3 is 3.00 bits per heavy atom. The summed E-state index contributed by atoms with van der Waals surface area (Å²) in [6.45, 7) is 2.36. The van der Waals surface area contributed by atoms with Gasteiger partial charge in [-0.05, 0) is 18.2 Å². The number of rotatable bonds is 5. The highest BCUT2D eigenvalue weighted by Crippen LogP contribution is 2.14. The lowest BCUT2D eigenvalue weighted by molar-refractivity contribution is 0.252. The number of hydrogen-bond acceptors (Lipinski definition) is 6. The van der Waals surface area contributed by atoms with Crippen molar-refractivity contribution in [2.45, 2.75) is 19.8 Å². The highest BCUT2D eigenvalue weighted by Gasteiger charge is 2.06. The minimum absolute atomic E-state index is 0.304.